The fourth-order valence-electron chi connectivity index (χ4n) is 2.31. The van der Waals surface area contributed by atoms with Crippen molar-refractivity contribution in [3.05, 3.63) is 75.9 Å². The quantitative estimate of drug-likeness (QED) is 0.656. The normalized spacial score (nSPS) is 10.7. The van der Waals surface area contributed by atoms with Gasteiger partial charge in [-0.1, -0.05) is 35.3 Å². The van der Waals surface area contributed by atoms with Crippen LogP contribution in [0.2, 0.25) is 10.0 Å². The Morgan fingerprint density at radius 1 is 0.955 bits per heavy atom. The van der Waals surface area contributed by atoms with Crippen LogP contribution in [0.15, 0.2) is 54.7 Å². The third-order valence-electron chi connectivity index (χ3n) is 3.41. The fourth-order valence-corrected chi connectivity index (χ4v) is 2.56. The van der Waals surface area contributed by atoms with E-state index in [1.807, 2.05) is 19.2 Å². The summed E-state index contributed by atoms with van der Waals surface area (Å²) in [7, 11) is 1.81. The summed E-state index contributed by atoms with van der Waals surface area (Å²) in [5.41, 5.74) is 2.78. The molecule has 110 valence electrons. The second-order valence-electron chi connectivity index (χ2n) is 4.87. The first-order chi connectivity index (χ1) is 10.6. The summed E-state index contributed by atoms with van der Waals surface area (Å²) < 4.78 is 1.69. The molecule has 22 heavy (non-hydrogen) atoms. The predicted molar refractivity (Wildman–Crippen MR) is 88.5 cm³/mol. The van der Waals surface area contributed by atoms with Gasteiger partial charge in [0, 0.05) is 28.2 Å². The third kappa shape index (κ3) is 2.78. The van der Waals surface area contributed by atoms with Crippen LogP contribution in [0.3, 0.4) is 0 Å². The lowest BCUT2D eigenvalue weighted by molar-refractivity contribution is 0.103. The van der Waals surface area contributed by atoms with Crippen LogP contribution in [0.4, 0.5) is 0 Å². The van der Waals surface area contributed by atoms with Crippen LogP contribution < -0.4 is 0 Å². The number of hydrogen-bond donors (Lipinski definition) is 0. The van der Waals surface area contributed by atoms with Gasteiger partial charge < -0.3 is 0 Å². The highest BCUT2D eigenvalue weighted by Gasteiger charge is 2.19. The molecule has 0 amide bonds. The second-order valence-corrected chi connectivity index (χ2v) is 5.75. The number of rotatable bonds is 3. The highest BCUT2D eigenvalue weighted by molar-refractivity contribution is 6.31. The van der Waals surface area contributed by atoms with Gasteiger partial charge in [-0.05, 0) is 36.4 Å². The molecule has 0 bridgehead atoms. The molecule has 0 N–H and O–H groups in total. The van der Waals surface area contributed by atoms with Crippen LogP contribution in [-0.4, -0.2) is 15.6 Å². The van der Waals surface area contributed by atoms with E-state index >= 15 is 0 Å². The van der Waals surface area contributed by atoms with Gasteiger partial charge >= 0.3 is 0 Å². The minimum Gasteiger partial charge on any atom is -0.288 e. The Hall–Kier alpha value is -2.10. The largest absolute Gasteiger partial charge is 0.288 e. The molecule has 5 heteroatoms. The molecule has 0 saturated heterocycles. The zero-order valence-electron chi connectivity index (χ0n) is 11.8. The number of ketones is 1. The Bertz CT molecular complexity index is 821. The summed E-state index contributed by atoms with van der Waals surface area (Å²) in [6.45, 7) is 0. The predicted octanol–water partition coefficient (Wildman–Crippen LogP) is 4.62. The Morgan fingerprint density at radius 3 is 2.09 bits per heavy atom. The summed E-state index contributed by atoms with van der Waals surface area (Å²) in [4.78, 5) is 12.7. The van der Waals surface area contributed by atoms with Gasteiger partial charge in [0.25, 0.3) is 0 Å². The standard InChI is InChI=1S/C17H12Cl2N2O/c1-21-16(11-2-6-13(18)7-3-11)15(10-20-21)17(22)12-4-8-14(19)9-5-12/h2-10H,1H3. The molecule has 0 aliphatic rings. The second kappa shape index (κ2) is 5.95. The molecule has 0 aliphatic heterocycles. The fraction of sp³-hybridized carbons (Fsp3) is 0.0588. The van der Waals surface area contributed by atoms with Crippen molar-refractivity contribution in [2.45, 2.75) is 0 Å². The molecule has 0 fully saturated rings. The maximum absolute atomic E-state index is 12.7. The lowest BCUT2D eigenvalue weighted by Crippen LogP contribution is -2.03. The van der Waals surface area contributed by atoms with Gasteiger partial charge in [0.2, 0.25) is 0 Å². The first-order valence-corrected chi connectivity index (χ1v) is 7.40. The summed E-state index contributed by atoms with van der Waals surface area (Å²) >= 11 is 11.8. The zero-order valence-corrected chi connectivity index (χ0v) is 13.3. The zero-order chi connectivity index (χ0) is 15.7. The van der Waals surface area contributed by atoms with Crippen molar-refractivity contribution in [1.82, 2.24) is 9.78 Å². The smallest absolute Gasteiger partial charge is 0.196 e. The van der Waals surface area contributed by atoms with E-state index in [1.54, 1.807) is 47.3 Å². The van der Waals surface area contributed by atoms with E-state index < -0.39 is 0 Å². The summed E-state index contributed by atoms with van der Waals surface area (Å²) in [5, 5.41) is 5.46. The van der Waals surface area contributed by atoms with Gasteiger partial charge in [-0.15, -0.1) is 0 Å². The average Bonchev–Trinajstić information content (AvgIpc) is 2.90. The Morgan fingerprint density at radius 2 is 1.50 bits per heavy atom. The maximum atomic E-state index is 12.7. The molecule has 1 heterocycles. The molecule has 0 saturated carbocycles. The van der Waals surface area contributed by atoms with Gasteiger partial charge in [0.15, 0.2) is 5.78 Å². The van der Waals surface area contributed by atoms with E-state index in [4.69, 9.17) is 23.2 Å². The van der Waals surface area contributed by atoms with Crippen LogP contribution in [0, 0.1) is 0 Å². The lowest BCUT2D eigenvalue weighted by Gasteiger charge is -2.06. The number of carbonyl (C=O) groups is 1. The van der Waals surface area contributed by atoms with E-state index in [2.05, 4.69) is 5.10 Å². The van der Waals surface area contributed by atoms with Gasteiger partial charge in [-0.3, -0.25) is 9.48 Å². The maximum Gasteiger partial charge on any atom is 0.196 e. The van der Waals surface area contributed by atoms with Crippen molar-refractivity contribution < 1.29 is 4.79 Å². The number of hydrogen-bond acceptors (Lipinski definition) is 2. The van der Waals surface area contributed by atoms with Crippen LogP contribution in [-0.2, 0) is 7.05 Å². The number of benzene rings is 2. The Labute approximate surface area is 138 Å². The minimum absolute atomic E-state index is 0.0882. The van der Waals surface area contributed by atoms with Crippen LogP contribution in [0.1, 0.15) is 15.9 Å². The number of aryl methyl sites for hydroxylation is 1. The van der Waals surface area contributed by atoms with Gasteiger partial charge in [-0.2, -0.15) is 5.10 Å². The summed E-state index contributed by atoms with van der Waals surface area (Å²) in [5.74, 6) is -0.0882. The van der Waals surface area contributed by atoms with Crippen molar-refractivity contribution in [2.24, 2.45) is 7.05 Å². The van der Waals surface area contributed by atoms with Gasteiger partial charge in [0.05, 0.1) is 17.5 Å². The molecule has 3 nitrogen and oxygen atoms in total. The van der Waals surface area contributed by atoms with Crippen molar-refractivity contribution in [2.75, 3.05) is 0 Å². The molecule has 0 spiro atoms. The van der Waals surface area contributed by atoms with Crippen LogP contribution in [0.25, 0.3) is 11.3 Å². The van der Waals surface area contributed by atoms with Gasteiger partial charge in [-0.25, -0.2) is 0 Å². The van der Waals surface area contributed by atoms with E-state index in [9.17, 15) is 4.79 Å². The molecule has 0 radical (unpaired) electrons. The van der Waals surface area contributed by atoms with Crippen molar-refractivity contribution >= 4 is 29.0 Å². The topological polar surface area (TPSA) is 34.9 Å². The highest BCUT2D eigenvalue weighted by atomic mass is 35.5. The molecule has 2 aromatic carbocycles. The first-order valence-electron chi connectivity index (χ1n) is 6.64. The molecule has 3 rings (SSSR count). The van der Waals surface area contributed by atoms with E-state index in [1.165, 1.54) is 0 Å². The number of nitrogens with zero attached hydrogens (tertiary/aromatic N) is 2. The van der Waals surface area contributed by atoms with Gasteiger partial charge in [0.1, 0.15) is 0 Å². The number of aromatic nitrogens is 2. The molecule has 3 aromatic rings. The molecule has 0 atom stereocenters. The Balaban J connectivity index is 2.07. The monoisotopic (exact) mass is 330 g/mol. The van der Waals surface area contributed by atoms with E-state index in [0.717, 1.165) is 11.3 Å². The highest BCUT2D eigenvalue weighted by Crippen LogP contribution is 2.26. The summed E-state index contributed by atoms with van der Waals surface area (Å²) in [6, 6.07) is 14.2. The van der Waals surface area contributed by atoms with Crippen LogP contribution in [0.5, 0.6) is 0 Å². The van der Waals surface area contributed by atoms with Crippen molar-refractivity contribution in [1.29, 1.82) is 0 Å². The molecular formula is C17H12Cl2N2O. The molecule has 1 aromatic heterocycles. The summed E-state index contributed by atoms with van der Waals surface area (Å²) in [6.07, 6.45) is 1.58. The molecular weight excluding hydrogens is 319 g/mol. The SMILES string of the molecule is Cn1ncc(C(=O)c2ccc(Cl)cc2)c1-c1ccc(Cl)cc1. The molecule has 0 unspecified atom stereocenters. The first kappa shape index (κ1) is 14.8. The number of carbonyl (C=O) groups excluding carboxylic acids is 1. The Kier molecular flexibility index (Phi) is 4.01. The average molecular weight is 331 g/mol. The minimum atomic E-state index is -0.0882. The van der Waals surface area contributed by atoms with Crippen molar-refractivity contribution in [3.8, 4) is 11.3 Å². The van der Waals surface area contributed by atoms with Crippen molar-refractivity contribution in [3.63, 3.8) is 0 Å². The number of halogens is 2. The molecule has 0 aliphatic carbocycles. The van der Waals surface area contributed by atoms with E-state index in [-0.39, 0.29) is 5.78 Å². The van der Waals surface area contributed by atoms with Crippen LogP contribution >= 0.6 is 23.2 Å². The lowest BCUT2D eigenvalue weighted by atomic mass is 10.0. The third-order valence-corrected chi connectivity index (χ3v) is 3.91. The van der Waals surface area contributed by atoms with E-state index in [0.29, 0.717) is 21.2 Å².